The van der Waals surface area contributed by atoms with Gasteiger partial charge < -0.3 is 5.32 Å². The molecule has 0 saturated heterocycles. The predicted molar refractivity (Wildman–Crippen MR) is 65.4 cm³/mol. The molecule has 1 heterocycles. The highest BCUT2D eigenvalue weighted by atomic mass is 35.5. The minimum absolute atomic E-state index is 0. The largest absolute Gasteiger partial charge is 0.372 e. The van der Waals surface area contributed by atoms with Crippen LogP contribution in [0.1, 0.15) is 40.5 Å². The van der Waals surface area contributed by atoms with Crippen molar-refractivity contribution in [2.24, 2.45) is 16.8 Å². The first kappa shape index (κ1) is 13.8. The summed E-state index contributed by atoms with van der Waals surface area (Å²) in [5.74, 6) is 1.51. The molecule has 1 aliphatic heterocycles. The van der Waals surface area contributed by atoms with Gasteiger partial charge in [-0.25, -0.2) is 0 Å². The molecule has 2 atom stereocenters. The minimum Gasteiger partial charge on any atom is -0.372 e. The highest BCUT2D eigenvalue weighted by molar-refractivity contribution is 5.85. The van der Waals surface area contributed by atoms with Gasteiger partial charge in [-0.1, -0.05) is 27.7 Å². The van der Waals surface area contributed by atoms with Crippen molar-refractivity contribution in [2.75, 3.05) is 0 Å². The van der Waals surface area contributed by atoms with Crippen LogP contribution in [0.15, 0.2) is 4.99 Å². The van der Waals surface area contributed by atoms with Gasteiger partial charge in [-0.05, 0) is 24.7 Å². The molecule has 0 spiro atoms. The molecule has 0 fully saturated rings. The molecule has 1 rings (SSSR count). The van der Waals surface area contributed by atoms with Gasteiger partial charge in [0.15, 0.2) is 0 Å². The van der Waals surface area contributed by atoms with Crippen LogP contribution >= 0.6 is 12.4 Å². The Morgan fingerprint density at radius 3 is 2.21 bits per heavy atom. The molecule has 0 radical (unpaired) electrons. The summed E-state index contributed by atoms with van der Waals surface area (Å²) in [5.41, 5.74) is 0. The molecule has 0 aromatic carbocycles. The molecule has 0 saturated carbocycles. The Hall–Kier alpha value is -0.240. The van der Waals surface area contributed by atoms with Crippen LogP contribution in [0, 0.1) is 11.8 Å². The van der Waals surface area contributed by atoms with E-state index in [0.717, 1.165) is 11.8 Å². The fraction of sp³-hybridized carbons (Fsp3) is 0.909. The number of rotatable bonds is 4. The molecule has 2 unspecified atom stereocenters. The molecule has 0 aromatic heterocycles. The molecule has 84 valence electrons. The maximum atomic E-state index is 4.47. The summed E-state index contributed by atoms with van der Waals surface area (Å²) in [6.07, 6.45) is 4.33. The SMILES string of the molecule is CC(C)CC1N=CNC1CC(C)C.Cl. The zero-order valence-electron chi connectivity index (χ0n) is 9.66. The second kappa shape index (κ2) is 6.28. The number of nitrogens with zero attached hydrogens (tertiary/aromatic N) is 1. The molecule has 3 heteroatoms. The fourth-order valence-corrected chi connectivity index (χ4v) is 1.89. The van der Waals surface area contributed by atoms with E-state index in [-0.39, 0.29) is 12.4 Å². The normalized spacial score (nSPS) is 25.3. The van der Waals surface area contributed by atoms with E-state index in [9.17, 15) is 0 Å². The topological polar surface area (TPSA) is 24.4 Å². The molecule has 2 nitrogen and oxygen atoms in total. The van der Waals surface area contributed by atoms with E-state index < -0.39 is 0 Å². The van der Waals surface area contributed by atoms with Crippen LogP contribution in [0.3, 0.4) is 0 Å². The van der Waals surface area contributed by atoms with Crippen LogP contribution in [0.5, 0.6) is 0 Å². The third-order valence-electron chi connectivity index (χ3n) is 2.46. The van der Waals surface area contributed by atoms with Gasteiger partial charge in [0.25, 0.3) is 0 Å². The standard InChI is InChI=1S/C11H22N2.ClH/c1-8(2)5-10-11(6-9(3)4)13-7-12-10;/h7-11H,5-6H2,1-4H3,(H,12,13);1H. The van der Waals surface area contributed by atoms with E-state index in [4.69, 9.17) is 0 Å². The second-order valence-electron chi connectivity index (χ2n) is 4.88. The number of aliphatic imine (C=N–C) groups is 1. The molecule has 0 amide bonds. The monoisotopic (exact) mass is 218 g/mol. The van der Waals surface area contributed by atoms with Gasteiger partial charge in [0, 0.05) is 6.04 Å². The van der Waals surface area contributed by atoms with Crippen molar-refractivity contribution < 1.29 is 0 Å². The van der Waals surface area contributed by atoms with Gasteiger partial charge in [-0.2, -0.15) is 0 Å². The smallest absolute Gasteiger partial charge is 0.0831 e. The lowest BCUT2D eigenvalue weighted by Crippen LogP contribution is -2.33. The average molecular weight is 219 g/mol. The first-order chi connectivity index (χ1) is 6.09. The number of hydrogen-bond acceptors (Lipinski definition) is 2. The van der Waals surface area contributed by atoms with Crippen molar-refractivity contribution in [3.63, 3.8) is 0 Å². The lowest BCUT2D eigenvalue weighted by atomic mass is 9.93. The summed E-state index contributed by atoms with van der Waals surface area (Å²) in [4.78, 5) is 4.47. The second-order valence-corrected chi connectivity index (χ2v) is 4.88. The maximum absolute atomic E-state index is 4.47. The van der Waals surface area contributed by atoms with Crippen molar-refractivity contribution in [3.05, 3.63) is 0 Å². The van der Waals surface area contributed by atoms with E-state index in [1.807, 2.05) is 6.34 Å². The highest BCUT2D eigenvalue weighted by Gasteiger charge is 2.24. The first-order valence-electron chi connectivity index (χ1n) is 5.37. The third kappa shape index (κ3) is 4.32. The quantitative estimate of drug-likeness (QED) is 0.771. The van der Waals surface area contributed by atoms with Crippen molar-refractivity contribution in [1.82, 2.24) is 5.32 Å². The Morgan fingerprint density at radius 1 is 1.14 bits per heavy atom. The Kier molecular flexibility index (Phi) is 6.17. The number of nitrogens with one attached hydrogen (secondary N) is 1. The summed E-state index contributed by atoms with van der Waals surface area (Å²) in [6, 6.07) is 1.10. The Morgan fingerprint density at radius 2 is 1.71 bits per heavy atom. The summed E-state index contributed by atoms with van der Waals surface area (Å²) >= 11 is 0. The lowest BCUT2D eigenvalue weighted by molar-refractivity contribution is 0.382. The van der Waals surface area contributed by atoms with Gasteiger partial charge in [0.1, 0.15) is 0 Å². The minimum atomic E-state index is 0. The summed E-state index contributed by atoms with van der Waals surface area (Å²) in [6.45, 7) is 9.07. The summed E-state index contributed by atoms with van der Waals surface area (Å²) in [5, 5.41) is 3.35. The fourth-order valence-electron chi connectivity index (χ4n) is 1.89. The zero-order chi connectivity index (χ0) is 9.84. The molecule has 1 aliphatic rings. The molecular formula is C11H23ClN2. The Bertz CT molecular complexity index is 178. The van der Waals surface area contributed by atoms with E-state index in [0.29, 0.717) is 12.1 Å². The molecule has 0 aromatic rings. The average Bonchev–Trinajstić information content (AvgIpc) is 2.34. The van der Waals surface area contributed by atoms with Gasteiger partial charge >= 0.3 is 0 Å². The number of halogens is 1. The summed E-state index contributed by atoms with van der Waals surface area (Å²) < 4.78 is 0. The Balaban J connectivity index is 0.00000169. The van der Waals surface area contributed by atoms with Crippen molar-refractivity contribution >= 4 is 18.7 Å². The van der Waals surface area contributed by atoms with E-state index in [1.165, 1.54) is 12.8 Å². The third-order valence-corrected chi connectivity index (χ3v) is 2.46. The maximum Gasteiger partial charge on any atom is 0.0831 e. The van der Waals surface area contributed by atoms with Crippen LogP contribution in [0.25, 0.3) is 0 Å². The zero-order valence-corrected chi connectivity index (χ0v) is 10.5. The number of hydrogen-bond donors (Lipinski definition) is 1. The van der Waals surface area contributed by atoms with Crippen molar-refractivity contribution in [1.29, 1.82) is 0 Å². The summed E-state index contributed by atoms with van der Waals surface area (Å²) in [7, 11) is 0. The van der Waals surface area contributed by atoms with Crippen LogP contribution in [-0.2, 0) is 0 Å². The first-order valence-corrected chi connectivity index (χ1v) is 5.37. The van der Waals surface area contributed by atoms with Gasteiger partial charge in [0.2, 0.25) is 0 Å². The van der Waals surface area contributed by atoms with Crippen LogP contribution in [0.4, 0.5) is 0 Å². The molecular weight excluding hydrogens is 196 g/mol. The lowest BCUT2D eigenvalue weighted by Gasteiger charge is -2.21. The van der Waals surface area contributed by atoms with E-state index >= 15 is 0 Å². The van der Waals surface area contributed by atoms with E-state index in [2.05, 4.69) is 38.0 Å². The molecule has 0 aliphatic carbocycles. The van der Waals surface area contributed by atoms with Crippen LogP contribution < -0.4 is 5.32 Å². The van der Waals surface area contributed by atoms with Gasteiger partial charge in [-0.3, -0.25) is 4.99 Å². The van der Waals surface area contributed by atoms with E-state index in [1.54, 1.807) is 0 Å². The van der Waals surface area contributed by atoms with Gasteiger partial charge in [0.05, 0.1) is 12.4 Å². The molecule has 14 heavy (non-hydrogen) atoms. The van der Waals surface area contributed by atoms with Crippen LogP contribution in [-0.4, -0.2) is 18.4 Å². The van der Waals surface area contributed by atoms with Gasteiger partial charge in [-0.15, -0.1) is 12.4 Å². The van der Waals surface area contributed by atoms with Crippen molar-refractivity contribution in [2.45, 2.75) is 52.6 Å². The highest BCUT2D eigenvalue weighted by Crippen LogP contribution is 2.19. The Labute approximate surface area is 94.0 Å². The van der Waals surface area contributed by atoms with Crippen molar-refractivity contribution in [3.8, 4) is 0 Å². The molecule has 1 N–H and O–H groups in total. The van der Waals surface area contributed by atoms with Crippen LogP contribution in [0.2, 0.25) is 0 Å². The predicted octanol–water partition coefficient (Wildman–Crippen LogP) is 2.87. The molecule has 0 bridgehead atoms.